The number of nitrogens with zero attached hydrogens (tertiary/aromatic N) is 3. The Balaban J connectivity index is 1.46. The molecule has 0 aromatic heterocycles. The van der Waals surface area contributed by atoms with E-state index in [1.54, 1.807) is 11.4 Å². The van der Waals surface area contributed by atoms with Crippen LogP contribution < -0.4 is 15.5 Å². The fourth-order valence-corrected chi connectivity index (χ4v) is 6.10. The average Bonchev–Trinajstić information content (AvgIpc) is 2.74. The maximum atomic E-state index is 12.5. The van der Waals surface area contributed by atoms with Gasteiger partial charge in [-0.05, 0) is 25.0 Å². The van der Waals surface area contributed by atoms with E-state index >= 15 is 0 Å². The van der Waals surface area contributed by atoms with Crippen molar-refractivity contribution >= 4 is 33.4 Å². The van der Waals surface area contributed by atoms with Crippen LogP contribution in [-0.4, -0.2) is 81.8 Å². The van der Waals surface area contributed by atoms with E-state index in [-0.39, 0.29) is 11.8 Å². The third-order valence-electron chi connectivity index (χ3n) is 5.12. The summed E-state index contributed by atoms with van der Waals surface area (Å²) in [5.74, 6) is 2.54. The smallest absolute Gasteiger partial charge is 0.215 e. The van der Waals surface area contributed by atoms with Crippen molar-refractivity contribution in [2.45, 2.75) is 18.9 Å². The highest BCUT2D eigenvalue weighted by atomic mass is 32.2. The molecule has 2 saturated heterocycles. The molecule has 1 aromatic carbocycles. The predicted molar refractivity (Wildman–Crippen MR) is 119 cm³/mol. The number of nitrogens with one attached hydrogen (secondary N) is 2. The van der Waals surface area contributed by atoms with E-state index < -0.39 is 10.0 Å². The highest BCUT2D eigenvalue weighted by Gasteiger charge is 2.24. The van der Waals surface area contributed by atoms with E-state index in [9.17, 15) is 8.42 Å². The normalized spacial score (nSPS) is 22.1. The van der Waals surface area contributed by atoms with Crippen molar-refractivity contribution in [2.24, 2.45) is 4.99 Å². The van der Waals surface area contributed by atoms with Gasteiger partial charge in [0.2, 0.25) is 10.0 Å². The number of piperidine rings is 1. The molecule has 9 heteroatoms. The molecule has 2 aliphatic heterocycles. The summed E-state index contributed by atoms with van der Waals surface area (Å²) in [5.41, 5.74) is 1.24. The number of anilines is 1. The van der Waals surface area contributed by atoms with Crippen LogP contribution in [0, 0.1) is 0 Å². The molecule has 2 fully saturated rings. The van der Waals surface area contributed by atoms with Crippen molar-refractivity contribution in [3.05, 3.63) is 30.3 Å². The van der Waals surface area contributed by atoms with Gasteiger partial charge in [-0.15, -0.1) is 0 Å². The van der Waals surface area contributed by atoms with E-state index in [4.69, 9.17) is 0 Å². The predicted octanol–water partition coefficient (Wildman–Crippen LogP) is 1.20. The Hall–Kier alpha value is -1.45. The molecule has 1 unspecified atom stereocenters. The van der Waals surface area contributed by atoms with Gasteiger partial charge in [-0.3, -0.25) is 4.99 Å². The maximum Gasteiger partial charge on any atom is 0.215 e. The third kappa shape index (κ3) is 6.02. The quantitative estimate of drug-likeness (QED) is 0.527. The van der Waals surface area contributed by atoms with Gasteiger partial charge in [-0.2, -0.15) is 11.8 Å². The van der Waals surface area contributed by atoms with E-state index in [0.717, 1.165) is 37.4 Å². The zero-order valence-electron chi connectivity index (χ0n) is 16.5. The standard InChI is InChI=1S/C19H31N5O2S2/c1-20-19(21-9-15-28(25,26)24-11-13-27-14-12-24)22-17-6-5-10-23(16-17)18-7-3-2-4-8-18/h2-4,7-8,17H,5-6,9-16H2,1H3,(H2,20,21,22). The van der Waals surface area contributed by atoms with Gasteiger partial charge >= 0.3 is 0 Å². The van der Waals surface area contributed by atoms with Gasteiger partial charge < -0.3 is 15.5 Å². The van der Waals surface area contributed by atoms with Gasteiger partial charge in [-0.25, -0.2) is 12.7 Å². The summed E-state index contributed by atoms with van der Waals surface area (Å²) in [7, 11) is -1.47. The fraction of sp³-hybridized carbons (Fsp3) is 0.632. The van der Waals surface area contributed by atoms with Crippen molar-refractivity contribution in [3.8, 4) is 0 Å². The molecule has 2 aliphatic rings. The number of hydrogen-bond acceptors (Lipinski definition) is 5. The lowest BCUT2D eigenvalue weighted by Crippen LogP contribution is -2.52. The Morgan fingerprint density at radius 3 is 2.68 bits per heavy atom. The molecule has 1 aromatic rings. The average molecular weight is 426 g/mol. The summed E-state index contributed by atoms with van der Waals surface area (Å²) in [6.07, 6.45) is 2.19. The van der Waals surface area contributed by atoms with Crippen molar-refractivity contribution in [2.75, 3.05) is 61.9 Å². The first-order chi connectivity index (χ1) is 13.6. The van der Waals surface area contributed by atoms with Crippen LogP contribution in [0.1, 0.15) is 12.8 Å². The highest BCUT2D eigenvalue weighted by molar-refractivity contribution is 7.99. The lowest BCUT2D eigenvalue weighted by atomic mass is 10.1. The number of benzene rings is 1. The van der Waals surface area contributed by atoms with Gasteiger partial charge in [-0.1, -0.05) is 18.2 Å². The van der Waals surface area contributed by atoms with E-state index in [2.05, 4.69) is 44.8 Å². The molecular weight excluding hydrogens is 394 g/mol. The van der Waals surface area contributed by atoms with Crippen LogP contribution in [0.3, 0.4) is 0 Å². The Bertz CT molecular complexity index is 736. The lowest BCUT2D eigenvalue weighted by molar-refractivity contribution is 0.443. The van der Waals surface area contributed by atoms with Crippen LogP contribution >= 0.6 is 11.8 Å². The maximum absolute atomic E-state index is 12.5. The Morgan fingerprint density at radius 1 is 1.21 bits per heavy atom. The zero-order chi connectivity index (χ0) is 19.8. The van der Waals surface area contributed by atoms with Gasteiger partial charge in [0.15, 0.2) is 5.96 Å². The van der Waals surface area contributed by atoms with E-state index in [1.807, 2.05) is 17.8 Å². The van der Waals surface area contributed by atoms with Crippen LogP contribution in [0.5, 0.6) is 0 Å². The number of hydrogen-bond donors (Lipinski definition) is 2. The Kier molecular flexibility index (Phi) is 7.87. The van der Waals surface area contributed by atoms with E-state index in [0.29, 0.717) is 25.6 Å². The van der Waals surface area contributed by atoms with Crippen molar-refractivity contribution < 1.29 is 8.42 Å². The Labute approximate surface area is 173 Å². The summed E-state index contributed by atoms with van der Waals surface area (Å²) >= 11 is 1.81. The van der Waals surface area contributed by atoms with Crippen LogP contribution in [0.2, 0.25) is 0 Å². The second-order valence-corrected chi connectivity index (χ2v) is 10.4. The molecule has 1 atom stereocenters. The molecule has 156 valence electrons. The Morgan fingerprint density at radius 2 is 1.96 bits per heavy atom. The van der Waals surface area contributed by atoms with Crippen LogP contribution in [0.15, 0.2) is 35.3 Å². The first kappa shape index (κ1) is 21.3. The number of thioether (sulfide) groups is 1. The number of rotatable bonds is 6. The first-order valence-electron chi connectivity index (χ1n) is 9.91. The number of sulfonamides is 1. The fourth-order valence-electron chi connectivity index (χ4n) is 3.61. The third-order valence-corrected chi connectivity index (χ3v) is 7.94. The zero-order valence-corrected chi connectivity index (χ0v) is 18.1. The minimum Gasteiger partial charge on any atom is -0.369 e. The molecule has 0 saturated carbocycles. The molecule has 0 amide bonds. The number of aliphatic imine (C=N–C) groups is 1. The van der Waals surface area contributed by atoms with Crippen LogP contribution in [0.25, 0.3) is 0 Å². The molecule has 2 heterocycles. The molecule has 7 nitrogen and oxygen atoms in total. The minimum absolute atomic E-state index is 0.0964. The molecule has 0 bridgehead atoms. The molecule has 28 heavy (non-hydrogen) atoms. The van der Waals surface area contributed by atoms with Gasteiger partial charge in [0.25, 0.3) is 0 Å². The van der Waals surface area contributed by atoms with Crippen molar-refractivity contribution in [1.29, 1.82) is 0 Å². The highest BCUT2D eigenvalue weighted by Crippen LogP contribution is 2.19. The molecule has 0 radical (unpaired) electrons. The van der Waals surface area contributed by atoms with Gasteiger partial charge in [0, 0.05) is 63.0 Å². The summed E-state index contributed by atoms with van der Waals surface area (Å²) in [4.78, 5) is 6.66. The van der Waals surface area contributed by atoms with Gasteiger partial charge in [0.05, 0.1) is 5.75 Å². The SMILES string of the molecule is CN=C(NCCS(=O)(=O)N1CCSCC1)NC1CCCN(c2ccccc2)C1. The number of para-hydroxylation sites is 1. The molecular formula is C19H31N5O2S2. The summed E-state index contributed by atoms with van der Waals surface area (Å²) in [5, 5.41) is 6.63. The van der Waals surface area contributed by atoms with Crippen molar-refractivity contribution in [3.63, 3.8) is 0 Å². The molecule has 3 rings (SSSR count). The first-order valence-corrected chi connectivity index (χ1v) is 12.7. The molecule has 0 spiro atoms. The lowest BCUT2D eigenvalue weighted by Gasteiger charge is -2.35. The van der Waals surface area contributed by atoms with Crippen LogP contribution in [-0.2, 0) is 10.0 Å². The van der Waals surface area contributed by atoms with Crippen LogP contribution in [0.4, 0.5) is 5.69 Å². The monoisotopic (exact) mass is 425 g/mol. The second kappa shape index (κ2) is 10.4. The molecule has 2 N–H and O–H groups in total. The summed E-state index contributed by atoms with van der Waals surface area (Å²) in [6, 6.07) is 10.7. The summed E-state index contributed by atoms with van der Waals surface area (Å²) < 4.78 is 26.5. The largest absolute Gasteiger partial charge is 0.369 e. The topological polar surface area (TPSA) is 77.0 Å². The van der Waals surface area contributed by atoms with E-state index in [1.165, 1.54) is 5.69 Å². The molecule has 0 aliphatic carbocycles. The summed E-state index contributed by atoms with van der Waals surface area (Å²) in [6.45, 7) is 3.57. The minimum atomic E-state index is -3.20. The van der Waals surface area contributed by atoms with Gasteiger partial charge in [0.1, 0.15) is 0 Å². The second-order valence-electron chi connectivity index (χ2n) is 7.09. The number of guanidine groups is 1. The van der Waals surface area contributed by atoms with Crippen molar-refractivity contribution in [1.82, 2.24) is 14.9 Å².